The van der Waals surface area contributed by atoms with Gasteiger partial charge >= 0.3 is 0 Å². The summed E-state index contributed by atoms with van der Waals surface area (Å²) in [7, 11) is 1.61. The molecule has 5 heteroatoms. The van der Waals surface area contributed by atoms with Crippen LogP contribution in [0.5, 0.6) is 0 Å². The van der Waals surface area contributed by atoms with E-state index < -0.39 is 0 Å². The Kier molecular flexibility index (Phi) is 7.16. The van der Waals surface area contributed by atoms with Crippen LogP contribution in [-0.2, 0) is 16.0 Å². The molecule has 0 heterocycles. The van der Waals surface area contributed by atoms with E-state index in [1.54, 1.807) is 7.11 Å². The van der Waals surface area contributed by atoms with Crippen LogP contribution in [0.4, 0.5) is 0 Å². The molecule has 19 heavy (non-hydrogen) atoms. The highest BCUT2D eigenvalue weighted by Gasteiger charge is 2.18. The zero-order chi connectivity index (χ0) is 14.1. The van der Waals surface area contributed by atoms with Crippen molar-refractivity contribution in [3.05, 3.63) is 34.3 Å². The lowest BCUT2D eigenvalue weighted by Crippen LogP contribution is -2.32. The number of hydrogen-bond donors (Lipinski definition) is 1. The van der Waals surface area contributed by atoms with E-state index in [-0.39, 0.29) is 18.4 Å². The summed E-state index contributed by atoms with van der Waals surface area (Å²) < 4.78 is 6.03. The van der Waals surface area contributed by atoms with Crippen molar-refractivity contribution >= 4 is 21.8 Å². The third-order valence-corrected chi connectivity index (χ3v) is 3.25. The number of carbonyl (C=O) groups is 1. The molecule has 1 amide bonds. The molecule has 0 spiro atoms. The third-order valence-electron chi connectivity index (χ3n) is 2.75. The molecule has 0 aromatic heterocycles. The van der Waals surface area contributed by atoms with E-state index >= 15 is 0 Å². The first-order valence-corrected chi connectivity index (χ1v) is 6.84. The number of methoxy groups -OCH3 is 1. The van der Waals surface area contributed by atoms with Crippen molar-refractivity contribution in [1.82, 2.24) is 5.32 Å². The van der Waals surface area contributed by atoms with Gasteiger partial charge in [-0.3, -0.25) is 4.79 Å². The van der Waals surface area contributed by atoms with Crippen LogP contribution in [-0.4, -0.2) is 26.2 Å². The largest absolute Gasteiger partial charge is 0.385 e. The number of amides is 1. The zero-order valence-electron chi connectivity index (χ0n) is 10.9. The van der Waals surface area contributed by atoms with E-state index in [4.69, 9.17) is 10.00 Å². The SMILES string of the molecule is COCCC(Cc1cccc(Br)c1)C(=O)NCC#N. The van der Waals surface area contributed by atoms with E-state index in [0.717, 1.165) is 10.0 Å². The van der Waals surface area contributed by atoms with Gasteiger partial charge in [-0.2, -0.15) is 5.26 Å². The topological polar surface area (TPSA) is 62.1 Å². The van der Waals surface area contributed by atoms with E-state index in [1.165, 1.54) is 0 Å². The molecule has 0 radical (unpaired) electrons. The summed E-state index contributed by atoms with van der Waals surface area (Å²) in [6, 6.07) is 9.79. The van der Waals surface area contributed by atoms with Crippen LogP contribution in [0.25, 0.3) is 0 Å². The quantitative estimate of drug-likeness (QED) is 0.783. The number of ether oxygens (including phenoxy) is 1. The summed E-state index contributed by atoms with van der Waals surface area (Å²) in [6.07, 6.45) is 1.28. The Labute approximate surface area is 121 Å². The van der Waals surface area contributed by atoms with Crippen molar-refractivity contribution < 1.29 is 9.53 Å². The van der Waals surface area contributed by atoms with Crippen molar-refractivity contribution in [3.63, 3.8) is 0 Å². The standard InChI is InChI=1S/C14H17BrN2O2/c1-19-8-5-12(14(18)17-7-6-16)9-11-3-2-4-13(15)10-11/h2-4,10,12H,5,7-9H2,1H3,(H,17,18). The van der Waals surface area contributed by atoms with Gasteiger partial charge in [0.15, 0.2) is 0 Å². The van der Waals surface area contributed by atoms with Crippen LogP contribution in [0.2, 0.25) is 0 Å². The normalized spacial score (nSPS) is 11.6. The summed E-state index contributed by atoms with van der Waals surface area (Å²) >= 11 is 3.42. The van der Waals surface area contributed by atoms with Crippen LogP contribution < -0.4 is 5.32 Å². The Bertz CT molecular complexity index is 457. The Morgan fingerprint density at radius 1 is 1.58 bits per heavy atom. The second-order valence-electron chi connectivity index (χ2n) is 4.19. The number of rotatable bonds is 7. The van der Waals surface area contributed by atoms with Gasteiger partial charge in [-0.15, -0.1) is 0 Å². The average molecular weight is 325 g/mol. The van der Waals surface area contributed by atoms with Gasteiger partial charge in [0.1, 0.15) is 6.54 Å². The van der Waals surface area contributed by atoms with Crippen LogP contribution in [0.15, 0.2) is 28.7 Å². The highest BCUT2D eigenvalue weighted by molar-refractivity contribution is 9.10. The molecule has 4 nitrogen and oxygen atoms in total. The first-order chi connectivity index (χ1) is 9.17. The Morgan fingerprint density at radius 2 is 2.37 bits per heavy atom. The maximum Gasteiger partial charge on any atom is 0.224 e. The van der Waals surface area contributed by atoms with Crippen molar-refractivity contribution in [2.45, 2.75) is 12.8 Å². The maximum atomic E-state index is 12.0. The molecule has 1 N–H and O–H groups in total. The fourth-order valence-electron chi connectivity index (χ4n) is 1.81. The van der Waals surface area contributed by atoms with Crippen molar-refractivity contribution in [2.75, 3.05) is 20.3 Å². The molecule has 0 saturated carbocycles. The van der Waals surface area contributed by atoms with Gasteiger partial charge < -0.3 is 10.1 Å². The molecule has 0 saturated heterocycles. The van der Waals surface area contributed by atoms with Gasteiger partial charge in [-0.1, -0.05) is 28.1 Å². The highest BCUT2D eigenvalue weighted by Crippen LogP contribution is 2.17. The highest BCUT2D eigenvalue weighted by atomic mass is 79.9. The average Bonchev–Trinajstić information content (AvgIpc) is 2.40. The van der Waals surface area contributed by atoms with Gasteiger partial charge in [0, 0.05) is 24.1 Å². The second kappa shape index (κ2) is 8.68. The van der Waals surface area contributed by atoms with E-state index in [1.807, 2.05) is 30.3 Å². The lowest BCUT2D eigenvalue weighted by Gasteiger charge is -2.15. The molecule has 0 aliphatic heterocycles. The smallest absolute Gasteiger partial charge is 0.224 e. The van der Waals surface area contributed by atoms with Crippen molar-refractivity contribution in [2.24, 2.45) is 5.92 Å². The zero-order valence-corrected chi connectivity index (χ0v) is 12.4. The number of nitriles is 1. The Hall–Kier alpha value is -1.38. The molecule has 0 aliphatic rings. The number of benzene rings is 1. The molecule has 1 atom stereocenters. The fraction of sp³-hybridized carbons (Fsp3) is 0.429. The van der Waals surface area contributed by atoms with E-state index in [9.17, 15) is 4.79 Å². The molecule has 0 bridgehead atoms. The lowest BCUT2D eigenvalue weighted by atomic mass is 9.95. The summed E-state index contributed by atoms with van der Waals surface area (Å²) in [5.41, 5.74) is 1.09. The Balaban J connectivity index is 2.68. The number of nitrogens with one attached hydrogen (secondary N) is 1. The van der Waals surface area contributed by atoms with Crippen LogP contribution in [0.1, 0.15) is 12.0 Å². The van der Waals surface area contributed by atoms with Crippen molar-refractivity contribution in [3.8, 4) is 6.07 Å². The molecule has 1 aromatic carbocycles. The number of hydrogen-bond acceptors (Lipinski definition) is 3. The molecule has 1 unspecified atom stereocenters. The van der Waals surface area contributed by atoms with Crippen LogP contribution >= 0.6 is 15.9 Å². The summed E-state index contributed by atoms with van der Waals surface area (Å²) in [5, 5.41) is 11.1. The van der Waals surface area contributed by atoms with Gasteiger partial charge in [-0.25, -0.2) is 0 Å². The number of nitrogens with zero attached hydrogens (tertiary/aromatic N) is 1. The summed E-state index contributed by atoms with van der Waals surface area (Å²) in [5.74, 6) is -0.277. The van der Waals surface area contributed by atoms with E-state index in [2.05, 4.69) is 21.2 Å². The number of carbonyl (C=O) groups excluding carboxylic acids is 1. The predicted molar refractivity (Wildman–Crippen MR) is 76.5 cm³/mol. The Morgan fingerprint density at radius 3 is 3.00 bits per heavy atom. The summed E-state index contributed by atoms with van der Waals surface area (Å²) in [4.78, 5) is 12.0. The van der Waals surface area contributed by atoms with Gasteiger partial charge in [0.2, 0.25) is 5.91 Å². The van der Waals surface area contributed by atoms with Gasteiger partial charge in [0.25, 0.3) is 0 Å². The fourth-order valence-corrected chi connectivity index (χ4v) is 2.25. The minimum absolute atomic E-state index is 0.0425. The summed E-state index contributed by atoms with van der Waals surface area (Å²) in [6.45, 7) is 0.569. The van der Waals surface area contributed by atoms with Crippen LogP contribution in [0, 0.1) is 17.2 Å². The molecular weight excluding hydrogens is 308 g/mol. The maximum absolute atomic E-state index is 12.0. The van der Waals surface area contributed by atoms with Crippen LogP contribution in [0.3, 0.4) is 0 Å². The molecule has 0 aliphatic carbocycles. The van der Waals surface area contributed by atoms with Crippen molar-refractivity contribution in [1.29, 1.82) is 5.26 Å². The predicted octanol–water partition coefficient (Wildman–Crippen LogP) is 2.28. The van der Waals surface area contributed by atoms with E-state index in [0.29, 0.717) is 19.4 Å². The number of halogens is 1. The third kappa shape index (κ3) is 5.86. The minimum atomic E-state index is -0.178. The first kappa shape index (κ1) is 15.7. The molecular formula is C14H17BrN2O2. The molecule has 1 aromatic rings. The lowest BCUT2D eigenvalue weighted by molar-refractivity contribution is -0.125. The van der Waals surface area contributed by atoms with Gasteiger partial charge in [-0.05, 0) is 30.5 Å². The molecule has 1 rings (SSSR count). The molecule has 102 valence electrons. The molecule has 0 fully saturated rings. The second-order valence-corrected chi connectivity index (χ2v) is 5.10. The first-order valence-electron chi connectivity index (χ1n) is 6.05. The monoisotopic (exact) mass is 324 g/mol. The minimum Gasteiger partial charge on any atom is -0.385 e. The van der Waals surface area contributed by atoms with Gasteiger partial charge in [0.05, 0.1) is 6.07 Å².